The highest BCUT2D eigenvalue weighted by molar-refractivity contribution is 6.38. The molecule has 6 fully saturated rings. The van der Waals surface area contributed by atoms with Crippen molar-refractivity contribution in [2.75, 3.05) is 164 Å². The average molecular weight is 1660 g/mol. The molecule has 25 heteroatoms. The van der Waals surface area contributed by atoms with Crippen molar-refractivity contribution in [1.29, 1.82) is 0 Å². The van der Waals surface area contributed by atoms with E-state index in [1.54, 1.807) is 6.07 Å². The van der Waals surface area contributed by atoms with Crippen molar-refractivity contribution < 1.29 is 61.6 Å². The van der Waals surface area contributed by atoms with Crippen LogP contribution < -0.4 is 42.6 Å². The summed E-state index contributed by atoms with van der Waals surface area (Å²) < 4.78 is 75.2. The van der Waals surface area contributed by atoms with Gasteiger partial charge < -0.3 is 61.6 Å². The van der Waals surface area contributed by atoms with Crippen LogP contribution >= 0.6 is 46.4 Å². The number of nitrogens with zero attached hydrogens (tertiary/aromatic N) is 8. The number of aromatic nitrogens is 4. The molecule has 14 rings (SSSR count). The van der Waals surface area contributed by atoms with Gasteiger partial charge in [0.2, 0.25) is 5.88 Å². The van der Waals surface area contributed by atoms with Crippen molar-refractivity contribution >= 4 is 96.1 Å². The highest BCUT2D eigenvalue weighted by Crippen LogP contribution is 2.46. The Balaban J connectivity index is 0.000000173. The Morgan fingerprint density at radius 1 is 0.386 bits per heavy atom. The molecule has 8 aromatic rings. The Hall–Kier alpha value is -6.70. The SMILES string of the molecule is C.C.CC(C)=Cc1cc(OC(C)C)c2ccc(OCCN3CCOCC3)c(Cl)c2n1.CC(C)Oc1cc(C2CC2)nc2c(Cl)c(OCCN3CCOCC3)ccc12.CC(C)Oc1cc(C2CCCCC2)nc2c(Cl)c(OCCN3CCOCC3)ccc12.CCOc1cc(OC(C)C)c2ccc(OCCN3CCOCC3)c(Cl)c2n1. The largest absolute Gasteiger partial charge is 0.491 e. The van der Waals surface area contributed by atoms with Gasteiger partial charge in [-0.3, -0.25) is 29.6 Å². The Bertz CT molecular complexity index is 4350. The summed E-state index contributed by atoms with van der Waals surface area (Å²) >= 11 is 26.8. The van der Waals surface area contributed by atoms with Crippen LogP contribution in [0.1, 0.15) is 165 Å². The molecule has 4 aliphatic heterocycles. The zero-order chi connectivity index (χ0) is 79.0. The zero-order valence-electron chi connectivity index (χ0n) is 67.5. The molecule has 4 aromatic carbocycles. The number of halogens is 4. The van der Waals surface area contributed by atoms with E-state index in [0.29, 0.717) is 111 Å². The van der Waals surface area contributed by atoms with Gasteiger partial charge in [-0.15, -0.1) is 0 Å². The fourth-order valence-electron chi connectivity index (χ4n) is 13.9. The Morgan fingerprint density at radius 2 is 0.684 bits per heavy atom. The summed E-state index contributed by atoms with van der Waals surface area (Å²) in [6.07, 6.45) is 10.9. The lowest BCUT2D eigenvalue weighted by molar-refractivity contribution is 0.0322. The van der Waals surface area contributed by atoms with Crippen molar-refractivity contribution in [3.05, 3.63) is 116 Å². The van der Waals surface area contributed by atoms with Gasteiger partial charge in [0.15, 0.2) is 0 Å². The first-order chi connectivity index (χ1) is 54.2. The number of pyridine rings is 4. The van der Waals surface area contributed by atoms with E-state index in [0.717, 1.165) is 204 Å². The number of hydrogen-bond acceptors (Lipinski definition) is 21. The van der Waals surface area contributed by atoms with Gasteiger partial charge in [-0.2, -0.15) is 0 Å². The molecular weight excluding hydrogens is 1530 g/mol. The fourth-order valence-corrected chi connectivity index (χ4v) is 15.0. The predicted molar refractivity (Wildman–Crippen MR) is 463 cm³/mol. The lowest BCUT2D eigenvalue weighted by Gasteiger charge is -2.26. The standard InChI is InChI=1S/C24H33ClN2O3.C22H29ClN2O3.C21H27ClN2O3.C20H27ClN2O4.2CH4/c1-17(2)30-22-16-20(18-6-4-3-5-7-18)26-24-19(22)8-9-21(23(24)25)29-15-12-27-10-13-28-14-11-27;1-15(2)13-17-14-20(28-16(3)4)18-5-6-19(21(23)22(18)24-17)27-12-9-25-7-10-26-11-8-25;1-14(2)27-19-13-17(15-3-4-15)23-21-16(19)5-6-18(20(21)22)26-12-9-24-7-10-25-11-8-24;1-4-25-18-13-17(27-14(2)3)15-5-6-16(19(21)20(15)22-18)26-12-9-23-7-10-24-11-8-23;;/h8-9,16-18H,3-7,10-15H2,1-2H3;5-6,13-14,16H,7-12H2,1-4H3;5-6,13-15H,3-4,7-12H2,1-2H3;5-6,13-14H,4,7-12H2,1-3H3;2*1H4. The van der Waals surface area contributed by atoms with Crippen molar-refractivity contribution in [2.24, 2.45) is 0 Å². The zero-order valence-corrected chi connectivity index (χ0v) is 70.5. The Labute approximate surface area is 697 Å². The van der Waals surface area contributed by atoms with Crippen LogP contribution in [-0.4, -0.2) is 228 Å². The minimum Gasteiger partial charge on any atom is -0.491 e. The summed E-state index contributed by atoms with van der Waals surface area (Å²) in [5.74, 6) is 7.40. The van der Waals surface area contributed by atoms with Crippen LogP contribution in [0.25, 0.3) is 49.7 Å². The predicted octanol–water partition coefficient (Wildman–Crippen LogP) is 19.6. The molecule has 0 radical (unpaired) electrons. The van der Waals surface area contributed by atoms with Gasteiger partial charge >= 0.3 is 0 Å². The first-order valence-electron chi connectivity index (χ1n) is 40.4. The summed E-state index contributed by atoms with van der Waals surface area (Å²) in [7, 11) is 0. The second-order valence-electron chi connectivity index (χ2n) is 30.3. The van der Waals surface area contributed by atoms with Gasteiger partial charge in [0.25, 0.3) is 0 Å². The summed E-state index contributed by atoms with van der Waals surface area (Å²) in [4.78, 5) is 28.5. The Morgan fingerprint density at radius 3 is 0.991 bits per heavy atom. The molecule has 4 saturated heterocycles. The lowest BCUT2D eigenvalue weighted by Crippen LogP contribution is -2.38. The maximum absolute atomic E-state index is 6.81. The first kappa shape index (κ1) is 91.2. The highest BCUT2D eigenvalue weighted by Gasteiger charge is 2.29. The minimum absolute atomic E-state index is 0. The van der Waals surface area contributed by atoms with Gasteiger partial charge in [0, 0.05) is 148 Å². The topological polar surface area (TPSA) is 185 Å². The Kier molecular flexibility index (Phi) is 36.7. The number of ether oxygens (including phenoxy) is 13. The molecule has 4 aromatic heterocycles. The van der Waals surface area contributed by atoms with E-state index in [2.05, 4.69) is 50.6 Å². The quantitative estimate of drug-likeness (QED) is 0.0431. The summed E-state index contributed by atoms with van der Waals surface area (Å²) in [6, 6.07) is 23.6. The third-order valence-electron chi connectivity index (χ3n) is 19.7. The van der Waals surface area contributed by atoms with Gasteiger partial charge in [0.1, 0.15) is 98.0 Å². The van der Waals surface area contributed by atoms with Gasteiger partial charge in [-0.25, -0.2) is 9.97 Å². The lowest BCUT2D eigenvalue weighted by atomic mass is 9.86. The van der Waals surface area contributed by atoms with E-state index in [4.69, 9.17) is 123 Å². The van der Waals surface area contributed by atoms with Crippen LogP contribution in [0.15, 0.2) is 78.4 Å². The summed E-state index contributed by atoms with van der Waals surface area (Å²) in [5, 5.41) is 5.79. The van der Waals surface area contributed by atoms with E-state index in [1.807, 2.05) is 123 Å². The molecule has 21 nitrogen and oxygen atoms in total. The molecule has 2 saturated carbocycles. The van der Waals surface area contributed by atoms with Crippen molar-refractivity contribution in [1.82, 2.24) is 39.5 Å². The molecule has 0 amide bonds. The number of fused-ring (bicyclic) bond motifs is 4. The monoisotopic (exact) mass is 1650 g/mol. The molecule has 8 heterocycles. The molecule has 114 heavy (non-hydrogen) atoms. The molecule has 0 N–H and O–H groups in total. The number of allylic oxidation sites excluding steroid dienone is 1. The molecular formula is C89H124Cl4N8O13. The van der Waals surface area contributed by atoms with Crippen LogP contribution in [0.3, 0.4) is 0 Å². The maximum atomic E-state index is 6.81. The number of hydrogen-bond donors (Lipinski definition) is 0. The fraction of sp³-hybridized carbons (Fsp3) is 0.573. The molecule has 0 spiro atoms. The van der Waals surface area contributed by atoms with Crippen molar-refractivity contribution in [3.8, 4) is 51.9 Å². The molecule has 0 unspecified atom stereocenters. The smallest absolute Gasteiger partial charge is 0.217 e. The second-order valence-corrected chi connectivity index (χ2v) is 31.8. The van der Waals surface area contributed by atoms with Gasteiger partial charge in [0.05, 0.1) is 106 Å². The van der Waals surface area contributed by atoms with Crippen molar-refractivity contribution in [2.45, 2.75) is 172 Å². The van der Waals surface area contributed by atoms with Crippen LogP contribution in [0.4, 0.5) is 0 Å². The molecule has 6 aliphatic rings. The van der Waals surface area contributed by atoms with E-state index in [1.165, 1.54) is 44.9 Å². The number of rotatable bonds is 29. The van der Waals surface area contributed by atoms with Crippen LogP contribution in [0.5, 0.6) is 51.9 Å². The van der Waals surface area contributed by atoms with Crippen LogP contribution in [-0.2, 0) is 18.9 Å². The van der Waals surface area contributed by atoms with Crippen LogP contribution in [0, 0.1) is 0 Å². The molecule has 2 aliphatic carbocycles. The first-order valence-corrected chi connectivity index (χ1v) is 41.9. The normalized spacial score (nSPS) is 16.6. The summed E-state index contributed by atoms with van der Waals surface area (Å²) in [6.45, 7) is 42.3. The minimum atomic E-state index is 0. The second kappa shape index (κ2) is 45.9. The molecule has 0 atom stereocenters. The van der Waals surface area contributed by atoms with E-state index in [-0.39, 0.29) is 39.3 Å². The highest BCUT2D eigenvalue weighted by atomic mass is 35.5. The van der Waals surface area contributed by atoms with Gasteiger partial charge in [-0.05, 0) is 156 Å². The maximum Gasteiger partial charge on any atom is 0.217 e. The third kappa shape index (κ3) is 26.7. The van der Waals surface area contributed by atoms with Gasteiger partial charge in [-0.1, -0.05) is 86.1 Å². The molecule has 626 valence electrons. The van der Waals surface area contributed by atoms with Crippen molar-refractivity contribution in [3.63, 3.8) is 0 Å². The summed E-state index contributed by atoms with van der Waals surface area (Å²) in [5.41, 5.74) is 7.07. The van der Waals surface area contributed by atoms with E-state index >= 15 is 0 Å². The number of benzene rings is 4. The number of morpholine rings is 4. The third-order valence-corrected chi connectivity index (χ3v) is 21.2. The van der Waals surface area contributed by atoms with E-state index in [9.17, 15) is 0 Å². The van der Waals surface area contributed by atoms with E-state index < -0.39 is 0 Å². The molecule has 0 bridgehead atoms. The van der Waals surface area contributed by atoms with Crippen LogP contribution in [0.2, 0.25) is 20.1 Å². The average Bonchev–Trinajstić information content (AvgIpc) is 0.860.